The molecule has 4 aliphatic rings. The maximum Gasteiger partial charge on any atom is 0.166 e. The molecule has 0 saturated heterocycles. The average molecular weight is 377 g/mol. The molecular weight excluding hydrogens is 344 g/mol. The third kappa shape index (κ3) is 2.52. The minimum atomic E-state index is 0.149. The molecule has 0 aromatic heterocycles. The second-order valence-corrected chi connectivity index (χ2v) is 10.4. The molecule has 1 aromatic carbocycles. The van der Waals surface area contributed by atoms with Crippen LogP contribution in [-0.4, -0.2) is 11.6 Å². The number of rotatable bonds is 2. The zero-order chi connectivity index (χ0) is 19.5. The summed E-state index contributed by atoms with van der Waals surface area (Å²) in [5.41, 5.74) is 2.70. The molecule has 3 fully saturated rings. The van der Waals surface area contributed by atoms with Crippen LogP contribution in [0.4, 0.5) is 0 Å². The number of benzene rings is 1. The summed E-state index contributed by atoms with van der Waals surface area (Å²) in [4.78, 5) is 25.3. The van der Waals surface area contributed by atoms with E-state index in [1.165, 1.54) is 31.3 Å². The van der Waals surface area contributed by atoms with E-state index in [9.17, 15) is 9.59 Å². The summed E-state index contributed by atoms with van der Waals surface area (Å²) in [6, 6.07) is 9.94. The van der Waals surface area contributed by atoms with Crippen LogP contribution in [0.1, 0.15) is 75.6 Å². The molecule has 4 aliphatic carbocycles. The Kier molecular flexibility index (Phi) is 4.19. The van der Waals surface area contributed by atoms with E-state index in [4.69, 9.17) is 0 Å². The van der Waals surface area contributed by atoms with E-state index in [0.29, 0.717) is 23.4 Å². The van der Waals surface area contributed by atoms with Crippen molar-refractivity contribution in [3.63, 3.8) is 0 Å². The van der Waals surface area contributed by atoms with Gasteiger partial charge in [0.05, 0.1) is 0 Å². The van der Waals surface area contributed by atoms with Crippen molar-refractivity contribution in [2.24, 2.45) is 34.5 Å². The molecule has 2 heteroatoms. The zero-order valence-corrected chi connectivity index (χ0v) is 17.2. The molecule has 5 rings (SSSR count). The minimum Gasteiger partial charge on any atom is -0.295 e. The van der Waals surface area contributed by atoms with E-state index >= 15 is 0 Å². The molecule has 148 valence electrons. The lowest BCUT2D eigenvalue weighted by Gasteiger charge is -2.58. The Hall–Kier alpha value is -1.70. The van der Waals surface area contributed by atoms with Crippen molar-refractivity contribution in [3.05, 3.63) is 47.5 Å². The largest absolute Gasteiger partial charge is 0.295 e. The number of Topliss-reactive ketones (excluding diaryl/α,β-unsaturated/α-hetero) is 1. The van der Waals surface area contributed by atoms with Gasteiger partial charge in [0.1, 0.15) is 0 Å². The molecule has 0 bridgehead atoms. The molecule has 6 unspecified atom stereocenters. The predicted octanol–water partition coefficient (Wildman–Crippen LogP) is 6.02. The minimum absolute atomic E-state index is 0.149. The van der Waals surface area contributed by atoms with Gasteiger partial charge in [-0.15, -0.1) is 0 Å². The van der Waals surface area contributed by atoms with E-state index < -0.39 is 0 Å². The summed E-state index contributed by atoms with van der Waals surface area (Å²) in [6.45, 7) is 4.86. The predicted molar refractivity (Wildman–Crippen MR) is 111 cm³/mol. The average Bonchev–Trinajstić information content (AvgIpc) is 3.06. The van der Waals surface area contributed by atoms with Gasteiger partial charge in [-0.1, -0.05) is 49.8 Å². The second kappa shape index (κ2) is 6.40. The first kappa shape index (κ1) is 18.3. The number of carbonyl (C=O) groups excluding carboxylic acids is 2. The van der Waals surface area contributed by atoms with E-state index in [1.54, 1.807) is 0 Å². The Balaban J connectivity index is 1.44. The van der Waals surface area contributed by atoms with Crippen molar-refractivity contribution < 1.29 is 9.59 Å². The summed E-state index contributed by atoms with van der Waals surface area (Å²) in [6.07, 6.45) is 10.7. The fourth-order valence-electron chi connectivity index (χ4n) is 7.79. The topological polar surface area (TPSA) is 34.1 Å². The van der Waals surface area contributed by atoms with Crippen LogP contribution in [0.5, 0.6) is 0 Å². The van der Waals surface area contributed by atoms with Crippen LogP contribution in [0.2, 0.25) is 0 Å². The summed E-state index contributed by atoms with van der Waals surface area (Å²) in [7, 11) is 0. The lowest BCUT2D eigenvalue weighted by Crippen LogP contribution is -2.51. The smallest absolute Gasteiger partial charge is 0.166 e. The fraction of sp³-hybridized carbons (Fsp3) is 0.615. The molecule has 6 atom stereocenters. The van der Waals surface area contributed by atoms with Crippen molar-refractivity contribution in [2.45, 2.75) is 65.2 Å². The number of carbonyl (C=O) groups is 2. The lowest BCUT2D eigenvalue weighted by molar-refractivity contribution is -0.117. The van der Waals surface area contributed by atoms with Gasteiger partial charge in [-0.25, -0.2) is 0 Å². The maximum absolute atomic E-state index is 13.3. The highest BCUT2D eigenvalue weighted by molar-refractivity contribution is 5.98. The van der Waals surface area contributed by atoms with Crippen molar-refractivity contribution in [2.75, 3.05) is 0 Å². The lowest BCUT2D eigenvalue weighted by atomic mass is 9.46. The highest BCUT2D eigenvalue weighted by Gasteiger charge is 2.60. The molecule has 28 heavy (non-hydrogen) atoms. The van der Waals surface area contributed by atoms with Gasteiger partial charge in [-0.2, -0.15) is 0 Å². The number of hydrogen-bond acceptors (Lipinski definition) is 2. The first-order valence-corrected chi connectivity index (χ1v) is 11.3. The Morgan fingerprint density at radius 2 is 1.71 bits per heavy atom. The van der Waals surface area contributed by atoms with E-state index in [2.05, 4.69) is 13.8 Å². The highest BCUT2D eigenvalue weighted by Crippen LogP contribution is 2.66. The summed E-state index contributed by atoms with van der Waals surface area (Å²) < 4.78 is 0. The van der Waals surface area contributed by atoms with Crippen molar-refractivity contribution in [1.29, 1.82) is 0 Å². The van der Waals surface area contributed by atoms with Gasteiger partial charge >= 0.3 is 0 Å². The molecular formula is C26H32O2. The molecule has 0 heterocycles. The Morgan fingerprint density at radius 3 is 2.50 bits per heavy atom. The molecule has 2 nitrogen and oxygen atoms in total. The van der Waals surface area contributed by atoms with Gasteiger partial charge in [0, 0.05) is 17.9 Å². The van der Waals surface area contributed by atoms with Crippen LogP contribution in [-0.2, 0) is 4.79 Å². The quantitative estimate of drug-likeness (QED) is 0.592. The molecule has 0 aliphatic heterocycles. The number of fused-ring (bicyclic) bond motifs is 5. The van der Waals surface area contributed by atoms with E-state index in [0.717, 1.165) is 37.2 Å². The van der Waals surface area contributed by atoms with Crippen LogP contribution in [0.15, 0.2) is 42.0 Å². The molecule has 0 amide bonds. The monoisotopic (exact) mass is 376 g/mol. The first-order chi connectivity index (χ1) is 13.4. The van der Waals surface area contributed by atoms with Gasteiger partial charge in [-0.05, 0) is 79.6 Å². The molecule has 0 spiro atoms. The Morgan fingerprint density at radius 1 is 0.929 bits per heavy atom. The molecule has 0 radical (unpaired) electrons. The van der Waals surface area contributed by atoms with Crippen LogP contribution < -0.4 is 0 Å². The van der Waals surface area contributed by atoms with E-state index in [1.807, 2.05) is 36.4 Å². The molecule has 3 saturated carbocycles. The number of allylic oxidation sites excluding steroid dienone is 1. The summed E-state index contributed by atoms with van der Waals surface area (Å²) in [5, 5.41) is 0. The van der Waals surface area contributed by atoms with Gasteiger partial charge in [-0.3, -0.25) is 9.59 Å². The van der Waals surface area contributed by atoms with Gasteiger partial charge < -0.3 is 0 Å². The van der Waals surface area contributed by atoms with Gasteiger partial charge in [0.15, 0.2) is 11.6 Å². The van der Waals surface area contributed by atoms with Crippen molar-refractivity contribution >= 4 is 11.6 Å². The third-order valence-corrected chi connectivity index (χ3v) is 9.34. The van der Waals surface area contributed by atoms with Crippen molar-refractivity contribution in [1.82, 2.24) is 0 Å². The first-order valence-electron chi connectivity index (χ1n) is 11.3. The zero-order valence-electron chi connectivity index (χ0n) is 17.2. The maximum atomic E-state index is 13.3. The number of hydrogen-bond donors (Lipinski definition) is 0. The van der Waals surface area contributed by atoms with Gasteiger partial charge in [0.2, 0.25) is 0 Å². The van der Waals surface area contributed by atoms with Gasteiger partial charge in [0.25, 0.3) is 0 Å². The Bertz CT molecular complexity index is 837. The molecule has 0 N–H and O–H groups in total. The van der Waals surface area contributed by atoms with Crippen LogP contribution in [0, 0.1) is 34.5 Å². The third-order valence-electron chi connectivity index (χ3n) is 9.34. The van der Waals surface area contributed by atoms with Crippen LogP contribution >= 0.6 is 0 Å². The number of ketones is 2. The van der Waals surface area contributed by atoms with Crippen LogP contribution in [0.25, 0.3) is 0 Å². The normalized spacial score (nSPS) is 42.2. The molecule has 1 aromatic rings. The van der Waals surface area contributed by atoms with E-state index in [-0.39, 0.29) is 16.7 Å². The Labute approximate surface area is 168 Å². The standard InChI is InChI=1S/C26H32O2/c1-25-14-12-19(27)16-18(25)8-9-20-21-10-11-23(26(21,2)15-13-22(20)25)24(28)17-6-4-3-5-7-17/h3-7,16,20-23H,8-15H2,1-2H3. The highest BCUT2D eigenvalue weighted by atomic mass is 16.1. The summed E-state index contributed by atoms with van der Waals surface area (Å²) in [5.74, 6) is 2.97. The SMILES string of the molecule is CC12CCC(=O)C=C1CCC1C2CCC2(C)C(C(=O)c3ccccc3)CCC12. The van der Waals surface area contributed by atoms with Crippen molar-refractivity contribution in [3.8, 4) is 0 Å². The van der Waals surface area contributed by atoms with Crippen LogP contribution in [0.3, 0.4) is 0 Å². The fourth-order valence-corrected chi connectivity index (χ4v) is 7.79. The second-order valence-electron chi connectivity index (χ2n) is 10.4. The summed E-state index contributed by atoms with van der Waals surface area (Å²) >= 11 is 0.